The van der Waals surface area contributed by atoms with Crippen LogP contribution in [0.4, 0.5) is 4.39 Å². The lowest BCUT2D eigenvalue weighted by Crippen LogP contribution is -2.28. The van der Waals surface area contributed by atoms with E-state index in [0.717, 1.165) is 31.5 Å². The minimum Gasteiger partial charge on any atom is -0.383 e. The summed E-state index contributed by atoms with van der Waals surface area (Å²) in [6, 6.07) is 6.80. The first-order valence-corrected chi connectivity index (χ1v) is 7.49. The largest absolute Gasteiger partial charge is 0.383 e. The van der Waals surface area contributed by atoms with Gasteiger partial charge in [-0.05, 0) is 50.3 Å². The normalized spacial score (nSPS) is 13.4. The standard InChI is InChI=1S/C17H28FNO2/c1-17(2,21-4)10-9-15(13-19-11-12-20-3)14-5-7-16(18)8-6-14/h5-8,15,19H,9-13H2,1-4H3. The number of ether oxygens (including phenoxy) is 2. The van der Waals surface area contributed by atoms with E-state index in [1.165, 1.54) is 12.1 Å². The highest BCUT2D eigenvalue weighted by Gasteiger charge is 2.20. The number of rotatable bonds is 10. The molecule has 0 saturated carbocycles. The fourth-order valence-electron chi connectivity index (χ4n) is 2.20. The highest BCUT2D eigenvalue weighted by atomic mass is 19.1. The van der Waals surface area contributed by atoms with Gasteiger partial charge in [0, 0.05) is 27.3 Å². The first-order valence-electron chi connectivity index (χ1n) is 7.49. The molecule has 1 aromatic rings. The number of hydrogen-bond donors (Lipinski definition) is 1. The molecule has 3 nitrogen and oxygen atoms in total. The zero-order chi connectivity index (χ0) is 15.7. The van der Waals surface area contributed by atoms with Crippen molar-refractivity contribution in [1.82, 2.24) is 5.32 Å². The fourth-order valence-corrected chi connectivity index (χ4v) is 2.20. The zero-order valence-corrected chi connectivity index (χ0v) is 13.6. The molecule has 1 aromatic carbocycles. The van der Waals surface area contributed by atoms with E-state index in [1.807, 2.05) is 12.1 Å². The molecule has 1 atom stereocenters. The van der Waals surface area contributed by atoms with Crippen molar-refractivity contribution in [3.05, 3.63) is 35.6 Å². The molecule has 0 aromatic heterocycles. The predicted octanol–water partition coefficient (Wildman–Crippen LogP) is 3.35. The van der Waals surface area contributed by atoms with Crippen LogP contribution in [0.1, 0.15) is 38.2 Å². The number of nitrogens with one attached hydrogen (secondary N) is 1. The van der Waals surface area contributed by atoms with Crippen molar-refractivity contribution in [2.75, 3.05) is 33.9 Å². The molecule has 0 amide bonds. The second kappa shape index (κ2) is 9.13. The van der Waals surface area contributed by atoms with Crippen LogP contribution in [0.15, 0.2) is 24.3 Å². The summed E-state index contributed by atoms with van der Waals surface area (Å²) >= 11 is 0. The Hall–Kier alpha value is -0.970. The molecule has 0 bridgehead atoms. The Bertz CT molecular complexity index is 392. The summed E-state index contributed by atoms with van der Waals surface area (Å²) in [5.74, 6) is 0.152. The Morgan fingerprint density at radius 3 is 2.43 bits per heavy atom. The molecule has 120 valence electrons. The van der Waals surface area contributed by atoms with Gasteiger partial charge in [0.05, 0.1) is 12.2 Å². The lowest BCUT2D eigenvalue weighted by Gasteiger charge is -2.26. The highest BCUT2D eigenvalue weighted by Crippen LogP contribution is 2.26. The average Bonchev–Trinajstić information content (AvgIpc) is 2.48. The van der Waals surface area contributed by atoms with E-state index < -0.39 is 0 Å². The van der Waals surface area contributed by atoms with E-state index in [-0.39, 0.29) is 11.4 Å². The molecule has 0 spiro atoms. The van der Waals surface area contributed by atoms with Crippen LogP contribution in [0.2, 0.25) is 0 Å². The minimum absolute atomic E-state index is 0.134. The minimum atomic E-state index is -0.193. The predicted molar refractivity (Wildman–Crippen MR) is 84.2 cm³/mol. The number of halogens is 1. The molecule has 0 saturated heterocycles. The highest BCUT2D eigenvalue weighted by molar-refractivity contribution is 5.21. The van der Waals surface area contributed by atoms with Crippen molar-refractivity contribution in [3.8, 4) is 0 Å². The Morgan fingerprint density at radius 2 is 1.86 bits per heavy atom. The van der Waals surface area contributed by atoms with Crippen LogP contribution >= 0.6 is 0 Å². The van der Waals surface area contributed by atoms with Crippen molar-refractivity contribution < 1.29 is 13.9 Å². The maximum atomic E-state index is 13.1. The van der Waals surface area contributed by atoms with Gasteiger partial charge in [0.15, 0.2) is 0 Å². The molecule has 0 heterocycles. The van der Waals surface area contributed by atoms with Gasteiger partial charge in [0.25, 0.3) is 0 Å². The van der Waals surface area contributed by atoms with Crippen LogP contribution in [0.3, 0.4) is 0 Å². The molecule has 0 fully saturated rings. The number of hydrogen-bond acceptors (Lipinski definition) is 3. The molecule has 0 aliphatic heterocycles. The van der Waals surface area contributed by atoms with Crippen LogP contribution in [0.5, 0.6) is 0 Å². The maximum Gasteiger partial charge on any atom is 0.123 e. The van der Waals surface area contributed by atoms with Gasteiger partial charge in [0.1, 0.15) is 5.82 Å². The van der Waals surface area contributed by atoms with E-state index in [9.17, 15) is 4.39 Å². The lowest BCUT2D eigenvalue weighted by atomic mass is 9.89. The fraction of sp³-hybridized carbons (Fsp3) is 0.647. The van der Waals surface area contributed by atoms with E-state index >= 15 is 0 Å². The summed E-state index contributed by atoms with van der Waals surface area (Å²) in [4.78, 5) is 0. The third kappa shape index (κ3) is 7.02. The second-order valence-electron chi connectivity index (χ2n) is 5.95. The SMILES string of the molecule is COCCNCC(CCC(C)(C)OC)c1ccc(F)cc1. The van der Waals surface area contributed by atoms with Crippen LogP contribution in [-0.2, 0) is 9.47 Å². The maximum absolute atomic E-state index is 13.1. The molecule has 21 heavy (non-hydrogen) atoms. The monoisotopic (exact) mass is 297 g/mol. The van der Waals surface area contributed by atoms with Crippen LogP contribution in [0, 0.1) is 5.82 Å². The Balaban J connectivity index is 2.63. The molecule has 1 unspecified atom stereocenters. The van der Waals surface area contributed by atoms with Crippen molar-refractivity contribution in [2.45, 2.75) is 38.2 Å². The summed E-state index contributed by atoms with van der Waals surface area (Å²) in [5, 5.41) is 3.39. The smallest absolute Gasteiger partial charge is 0.123 e. The Kier molecular flexibility index (Phi) is 7.86. The first-order chi connectivity index (χ1) is 9.98. The van der Waals surface area contributed by atoms with Crippen LogP contribution in [0.25, 0.3) is 0 Å². The van der Waals surface area contributed by atoms with Crippen molar-refractivity contribution in [3.63, 3.8) is 0 Å². The molecule has 0 aliphatic rings. The molecular weight excluding hydrogens is 269 g/mol. The van der Waals surface area contributed by atoms with E-state index in [0.29, 0.717) is 12.5 Å². The summed E-state index contributed by atoms with van der Waals surface area (Å²) < 4.78 is 23.6. The molecule has 1 rings (SSSR count). The summed E-state index contributed by atoms with van der Waals surface area (Å²) in [7, 11) is 3.43. The third-order valence-electron chi connectivity index (χ3n) is 3.86. The van der Waals surface area contributed by atoms with Gasteiger partial charge in [-0.15, -0.1) is 0 Å². The van der Waals surface area contributed by atoms with Crippen molar-refractivity contribution in [2.24, 2.45) is 0 Å². The molecule has 1 N–H and O–H groups in total. The van der Waals surface area contributed by atoms with Gasteiger partial charge in [-0.3, -0.25) is 0 Å². The average molecular weight is 297 g/mol. The van der Waals surface area contributed by atoms with Crippen LogP contribution in [-0.4, -0.2) is 39.5 Å². The van der Waals surface area contributed by atoms with E-state index in [1.54, 1.807) is 14.2 Å². The first kappa shape index (κ1) is 18.1. The molecule has 0 radical (unpaired) electrons. The van der Waals surface area contributed by atoms with Gasteiger partial charge in [-0.25, -0.2) is 4.39 Å². The lowest BCUT2D eigenvalue weighted by molar-refractivity contribution is 0.0123. The zero-order valence-electron chi connectivity index (χ0n) is 13.6. The Labute approximate surface area is 127 Å². The van der Waals surface area contributed by atoms with E-state index in [4.69, 9.17) is 9.47 Å². The Morgan fingerprint density at radius 1 is 1.19 bits per heavy atom. The summed E-state index contributed by atoms with van der Waals surface area (Å²) in [6.45, 7) is 6.55. The van der Waals surface area contributed by atoms with Gasteiger partial charge < -0.3 is 14.8 Å². The van der Waals surface area contributed by atoms with Gasteiger partial charge in [0.2, 0.25) is 0 Å². The van der Waals surface area contributed by atoms with Crippen molar-refractivity contribution in [1.29, 1.82) is 0 Å². The quantitative estimate of drug-likeness (QED) is 0.672. The van der Waals surface area contributed by atoms with Crippen LogP contribution < -0.4 is 5.32 Å². The van der Waals surface area contributed by atoms with E-state index in [2.05, 4.69) is 19.2 Å². The number of methoxy groups -OCH3 is 2. The molecule has 4 heteroatoms. The van der Waals surface area contributed by atoms with Gasteiger partial charge in [-0.1, -0.05) is 12.1 Å². The summed E-state index contributed by atoms with van der Waals surface area (Å²) in [5.41, 5.74) is 1.03. The molecule has 0 aliphatic carbocycles. The second-order valence-corrected chi connectivity index (χ2v) is 5.95. The van der Waals surface area contributed by atoms with Crippen molar-refractivity contribution >= 4 is 0 Å². The van der Waals surface area contributed by atoms with Gasteiger partial charge >= 0.3 is 0 Å². The molecular formula is C17H28FNO2. The summed E-state index contributed by atoms with van der Waals surface area (Å²) in [6.07, 6.45) is 1.95. The number of benzene rings is 1. The topological polar surface area (TPSA) is 30.5 Å². The third-order valence-corrected chi connectivity index (χ3v) is 3.86. The van der Waals surface area contributed by atoms with Gasteiger partial charge in [-0.2, -0.15) is 0 Å².